The van der Waals surface area contributed by atoms with Gasteiger partial charge in [-0.2, -0.15) is 0 Å². The van der Waals surface area contributed by atoms with E-state index in [0.29, 0.717) is 11.3 Å². The quantitative estimate of drug-likeness (QED) is 0.649. The lowest BCUT2D eigenvalue weighted by Crippen LogP contribution is -2.33. The predicted octanol–water partition coefficient (Wildman–Crippen LogP) is 1.32. The first-order chi connectivity index (χ1) is 10.4. The summed E-state index contributed by atoms with van der Waals surface area (Å²) in [5.74, 6) is -1.99. The van der Waals surface area contributed by atoms with Crippen LogP contribution in [0.25, 0.3) is 5.57 Å². The Hall–Kier alpha value is -2.19. The maximum atomic E-state index is 12.5. The number of rotatable bonds is 2. The second-order valence-electron chi connectivity index (χ2n) is 4.74. The molecule has 0 bridgehead atoms. The third kappa shape index (κ3) is 2.11. The van der Waals surface area contributed by atoms with E-state index in [0.717, 1.165) is 16.7 Å². The van der Waals surface area contributed by atoms with Crippen molar-refractivity contribution in [3.63, 3.8) is 0 Å². The molecule has 2 aliphatic rings. The van der Waals surface area contributed by atoms with Crippen molar-refractivity contribution >= 4 is 57.3 Å². The number of thioether (sulfide) groups is 1. The summed E-state index contributed by atoms with van der Waals surface area (Å²) in [6.45, 7) is -0.507. The van der Waals surface area contributed by atoms with Gasteiger partial charge < -0.3 is 10.0 Å². The number of carbonyl (C=O) groups excluding carboxylic acids is 2. The van der Waals surface area contributed by atoms with Gasteiger partial charge >= 0.3 is 5.97 Å². The fourth-order valence-corrected chi connectivity index (χ4v) is 3.74. The first-order valence-corrected chi connectivity index (χ1v) is 7.51. The predicted molar refractivity (Wildman–Crippen MR) is 86.3 cm³/mol. The molecule has 0 radical (unpaired) electrons. The Bertz CT molecular complexity index is 772. The van der Waals surface area contributed by atoms with Gasteiger partial charge in [0.05, 0.1) is 16.2 Å². The van der Waals surface area contributed by atoms with E-state index in [1.807, 2.05) is 0 Å². The first-order valence-electron chi connectivity index (χ1n) is 6.29. The minimum absolute atomic E-state index is 0.148. The average molecular weight is 334 g/mol. The third-order valence-electron chi connectivity index (χ3n) is 3.42. The molecule has 1 fully saturated rings. The van der Waals surface area contributed by atoms with E-state index in [1.54, 1.807) is 31.3 Å². The summed E-state index contributed by atoms with van der Waals surface area (Å²) < 4.78 is 0.148. The smallest absolute Gasteiger partial charge is 0.323 e. The molecule has 0 spiro atoms. The summed E-state index contributed by atoms with van der Waals surface area (Å²) in [6.07, 6.45) is 0. The number of hydrogen-bond acceptors (Lipinski definition) is 5. The van der Waals surface area contributed by atoms with Gasteiger partial charge in [0.2, 0.25) is 0 Å². The summed E-state index contributed by atoms with van der Waals surface area (Å²) in [6, 6.07) is 7.14. The van der Waals surface area contributed by atoms with Gasteiger partial charge in [0.15, 0.2) is 0 Å². The van der Waals surface area contributed by atoms with Gasteiger partial charge in [-0.1, -0.05) is 42.2 Å². The van der Waals surface area contributed by atoms with E-state index >= 15 is 0 Å². The zero-order valence-corrected chi connectivity index (χ0v) is 13.0. The van der Waals surface area contributed by atoms with Gasteiger partial charge in [0, 0.05) is 12.6 Å². The molecule has 2 heterocycles. The summed E-state index contributed by atoms with van der Waals surface area (Å²) in [5.41, 5.74) is 1.65. The summed E-state index contributed by atoms with van der Waals surface area (Å²) >= 11 is 6.03. The zero-order valence-electron chi connectivity index (χ0n) is 11.4. The third-order valence-corrected chi connectivity index (χ3v) is 4.87. The number of likely N-dealkylation sites (N-methyl/N-ethyl adjacent to an activating group) is 1. The van der Waals surface area contributed by atoms with Gasteiger partial charge in [-0.25, -0.2) is 0 Å². The van der Waals surface area contributed by atoms with E-state index in [-0.39, 0.29) is 20.7 Å². The van der Waals surface area contributed by atoms with Crippen molar-refractivity contribution in [2.75, 3.05) is 18.5 Å². The van der Waals surface area contributed by atoms with Gasteiger partial charge in [0.1, 0.15) is 10.9 Å². The molecule has 1 N–H and O–H groups in total. The number of thiocarbonyl (C=S) groups is 1. The number of carboxylic acid groups (broad SMARTS) is 1. The normalized spacial score (nSPS) is 20.9. The number of carboxylic acids is 1. The fourth-order valence-electron chi connectivity index (χ4n) is 2.41. The number of nitrogens with zero attached hydrogens (tertiary/aromatic N) is 2. The molecule has 0 saturated carbocycles. The van der Waals surface area contributed by atoms with E-state index in [4.69, 9.17) is 17.3 Å². The van der Waals surface area contributed by atoms with E-state index in [2.05, 4.69) is 0 Å². The van der Waals surface area contributed by atoms with Crippen LogP contribution in [0.1, 0.15) is 5.56 Å². The maximum Gasteiger partial charge on any atom is 0.323 e. The highest BCUT2D eigenvalue weighted by Crippen LogP contribution is 2.43. The summed E-state index contributed by atoms with van der Waals surface area (Å²) in [7, 11) is 1.63. The van der Waals surface area contributed by atoms with Crippen LogP contribution in [0.3, 0.4) is 0 Å². The Balaban J connectivity index is 2.12. The van der Waals surface area contributed by atoms with Crippen molar-refractivity contribution in [3.8, 4) is 0 Å². The van der Waals surface area contributed by atoms with Gasteiger partial charge in [0.25, 0.3) is 11.8 Å². The number of fused-ring (bicyclic) bond motifs is 1. The lowest BCUT2D eigenvalue weighted by Gasteiger charge is -2.10. The maximum absolute atomic E-state index is 12.5. The lowest BCUT2D eigenvalue weighted by atomic mass is 10.1. The molecule has 1 aromatic carbocycles. The molecule has 0 unspecified atom stereocenters. The van der Waals surface area contributed by atoms with Crippen molar-refractivity contribution in [2.45, 2.75) is 0 Å². The second-order valence-corrected chi connectivity index (χ2v) is 6.38. The van der Waals surface area contributed by atoms with E-state index in [9.17, 15) is 14.4 Å². The van der Waals surface area contributed by atoms with Crippen molar-refractivity contribution in [1.82, 2.24) is 4.90 Å². The largest absolute Gasteiger partial charge is 0.480 e. The second kappa shape index (κ2) is 5.22. The SMILES string of the molecule is CN1C(=O)C(=C2SC(=S)N(CC(=O)O)C2=O)c2ccccc21. The number of aliphatic carboxylic acids is 1. The topological polar surface area (TPSA) is 77.9 Å². The average Bonchev–Trinajstić information content (AvgIpc) is 2.88. The standard InChI is InChI=1S/C14H10N2O4S2/c1-15-8-5-3-2-4-7(8)10(12(15)19)11-13(20)16(6-9(17)18)14(21)22-11/h2-5H,6H2,1H3,(H,17,18). The van der Waals surface area contributed by atoms with Crippen molar-refractivity contribution < 1.29 is 19.5 Å². The van der Waals surface area contributed by atoms with Crippen molar-refractivity contribution in [2.24, 2.45) is 0 Å². The van der Waals surface area contributed by atoms with Crippen LogP contribution in [0.2, 0.25) is 0 Å². The first kappa shape index (κ1) is 14.7. The number of benzene rings is 1. The fraction of sp³-hybridized carbons (Fsp3) is 0.143. The molecular weight excluding hydrogens is 324 g/mol. The minimum atomic E-state index is -1.15. The Morgan fingerprint density at radius 2 is 1.95 bits per heavy atom. The highest BCUT2D eigenvalue weighted by atomic mass is 32.2. The van der Waals surface area contributed by atoms with E-state index < -0.39 is 18.4 Å². The van der Waals surface area contributed by atoms with Gasteiger partial charge in [-0.3, -0.25) is 19.3 Å². The molecule has 112 valence electrons. The summed E-state index contributed by atoms with van der Waals surface area (Å²) in [5, 5.41) is 8.86. The molecule has 22 heavy (non-hydrogen) atoms. The van der Waals surface area contributed by atoms with E-state index in [1.165, 1.54) is 4.90 Å². The molecule has 2 aliphatic heterocycles. The molecule has 3 rings (SSSR count). The van der Waals surface area contributed by atoms with Gasteiger partial charge in [-0.15, -0.1) is 0 Å². The zero-order chi connectivity index (χ0) is 16.0. The van der Waals surface area contributed by atoms with Crippen LogP contribution in [-0.4, -0.2) is 45.7 Å². The highest BCUT2D eigenvalue weighted by Gasteiger charge is 2.41. The van der Waals surface area contributed by atoms with Crippen molar-refractivity contribution in [3.05, 3.63) is 34.7 Å². The molecule has 2 amide bonds. The molecule has 0 aromatic heterocycles. The van der Waals surface area contributed by atoms with Crippen LogP contribution < -0.4 is 4.90 Å². The Morgan fingerprint density at radius 1 is 1.27 bits per heavy atom. The van der Waals surface area contributed by atoms with Crippen LogP contribution in [0.4, 0.5) is 5.69 Å². The van der Waals surface area contributed by atoms with Crippen molar-refractivity contribution in [1.29, 1.82) is 0 Å². The molecule has 6 nitrogen and oxygen atoms in total. The Morgan fingerprint density at radius 3 is 2.64 bits per heavy atom. The van der Waals surface area contributed by atoms with Crippen LogP contribution in [0, 0.1) is 0 Å². The molecule has 1 aromatic rings. The molecular formula is C14H10N2O4S2. The number of anilines is 1. The monoisotopic (exact) mass is 334 g/mol. The Kier molecular flexibility index (Phi) is 3.50. The molecule has 0 aliphatic carbocycles. The molecule has 0 atom stereocenters. The Labute approximate surface area is 135 Å². The highest BCUT2D eigenvalue weighted by molar-refractivity contribution is 8.26. The molecule has 8 heteroatoms. The van der Waals surface area contributed by atoms with Crippen LogP contribution >= 0.6 is 24.0 Å². The minimum Gasteiger partial charge on any atom is -0.480 e. The number of hydrogen-bond donors (Lipinski definition) is 1. The lowest BCUT2D eigenvalue weighted by molar-refractivity contribution is -0.140. The van der Waals surface area contributed by atoms with Gasteiger partial charge in [-0.05, 0) is 6.07 Å². The number of para-hydroxylation sites is 1. The number of amides is 2. The summed E-state index contributed by atoms with van der Waals surface area (Å²) in [4.78, 5) is 38.4. The van der Waals surface area contributed by atoms with Crippen LogP contribution in [0.15, 0.2) is 29.2 Å². The van der Waals surface area contributed by atoms with Crippen LogP contribution in [-0.2, 0) is 14.4 Å². The molecule has 1 saturated heterocycles. The number of carbonyl (C=O) groups is 3. The van der Waals surface area contributed by atoms with Crippen LogP contribution in [0.5, 0.6) is 0 Å².